The van der Waals surface area contributed by atoms with Gasteiger partial charge >= 0.3 is 0 Å². The molecule has 20 heavy (non-hydrogen) atoms. The second-order valence-corrected chi connectivity index (χ2v) is 6.06. The number of imide groups is 1. The van der Waals surface area contributed by atoms with Gasteiger partial charge in [0.15, 0.2) is 0 Å². The molecular weight excluding hydrogens is 365 g/mol. The molecule has 1 aliphatic heterocycles. The largest absolute Gasteiger partial charge is 0.270 e. The van der Waals surface area contributed by atoms with E-state index < -0.39 is 0 Å². The molecule has 0 spiro atoms. The van der Waals surface area contributed by atoms with E-state index in [2.05, 4.69) is 22.6 Å². The van der Waals surface area contributed by atoms with Crippen molar-refractivity contribution in [2.45, 2.75) is 13.5 Å². The van der Waals surface area contributed by atoms with E-state index in [-0.39, 0.29) is 11.8 Å². The maximum atomic E-state index is 12.4. The molecule has 4 heteroatoms. The van der Waals surface area contributed by atoms with E-state index in [1.807, 2.05) is 37.3 Å². The second kappa shape index (κ2) is 5.01. The number of nitrogens with zero attached hydrogens (tertiary/aromatic N) is 1. The van der Waals surface area contributed by atoms with Gasteiger partial charge in [-0.1, -0.05) is 24.3 Å². The Morgan fingerprint density at radius 3 is 2.45 bits per heavy atom. The van der Waals surface area contributed by atoms with Crippen LogP contribution < -0.4 is 0 Å². The van der Waals surface area contributed by atoms with Crippen LogP contribution >= 0.6 is 22.6 Å². The van der Waals surface area contributed by atoms with Crippen LogP contribution in [0.25, 0.3) is 0 Å². The minimum atomic E-state index is -0.204. The Bertz CT molecular complexity index is 724. The summed E-state index contributed by atoms with van der Waals surface area (Å²) in [6, 6.07) is 13.1. The number of fused-ring (bicyclic) bond motifs is 1. The van der Waals surface area contributed by atoms with E-state index in [9.17, 15) is 9.59 Å². The zero-order chi connectivity index (χ0) is 14.3. The lowest BCUT2D eigenvalue weighted by Gasteiger charge is -2.15. The Morgan fingerprint density at radius 2 is 1.70 bits per heavy atom. The summed E-state index contributed by atoms with van der Waals surface area (Å²) in [5.41, 5.74) is 3.09. The fourth-order valence-corrected chi connectivity index (χ4v) is 2.86. The first-order chi connectivity index (χ1) is 9.58. The number of amides is 2. The van der Waals surface area contributed by atoms with E-state index in [0.717, 1.165) is 14.7 Å². The Kier molecular flexibility index (Phi) is 3.33. The van der Waals surface area contributed by atoms with Crippen molar-refractivity contribution in [3.63, 3.8) is 0 Å². The quantitative estimate of drug-likeness (QED) is 0.595. The predicted octanol–water partition coefficient (Wildman–Crippen LogP) is 3.40. The van der Waals surface area contributed by atoms with Crippen molar-refractivity contribution in [3.8, 4) is 0 Å². The molecule has 0 radical (unpaired) electrons. The number of carbonyl (C=O) groups excluding carboxylic acids is 2. The molecule has 2 amide bonds. The standard InChI is InChI=1S/C16H12INO2/c1-10-4-2-3-5-11(10)9-18-15(19)13-7-6-12(17)8-14(13)16(18)20/h2-8H,9H2,1H3. The van der Waals surface area contributed by atoms with Crippen LogP contribution in [0.4, 0.5) is 0 Å². The summed E-state index contributed by atoms with van der Waals surface area (Å²) >= 11 is 2.14. The van der Waals surface area contributed by atoms with Crippen molar-refractivity contribution in [2.24, 2.45) is 0 Å². The van der Waals surface area contributed by atoms with Crippen LogP contribution in [-0.4, -0.2) is 16.7 Å². The predicted molar refractivity (Wildman–Crippen MR) is 84.5 cm³/mol. The molecule has 3 nitrogen and oxygen atoms in total. The van der Waals surface area contributed by atoms with Crippen LogP contribution in [0, 0.1) is 10.5 Å². The zero-order valence-electron chi connectivity index (χ0n) is 10.9. The number of benzene rings is 2. The normalized spacial score (nSPS) is 13.8. The van der Waals surface area contributed by atoms with Gasteiger partial charge in [0, 0.05) is 3.57 Å². The second-order valence-electron chi connectivity index (χ2n) is 4.81. The SMILES string of the molecule is Cc1ccccc1CN1C(=O)c2ccc(I)cc2C1=O. The van der Waals surface area contributed by atoms with Crippen molar-refractivity contribution in [2.75, 3.05) is 0 Å². The van der Waals surface area contributed by atoms with Gasteiger partial charge in [-0.15, -0.1) is 0 Å². The average molecular weight is 377 g/mol. The third kappa shape index (κ3) is 2.14. The highest BCUT2D eigenvalue weighted by Crippen LogP contribution is 2.26. The number of halogens is 1. The smallest absolute Gasteiger partial charge is 0.261 e. The number of hydrogen-bond donors (Lipinski definition) is 0. The Hall–Kier alpha value is -1.69. The van der Waals surface area contributed by atoms with Crippen molar-refractivity contribution >= 4 is 34.4 Å². The lowest BCUT2D eigenvalue weighted by molar-refractivity contribution is 0.0642. The number of carbonyl (C=O) groups is 2. The number of rotatable bonds is 2. The van der Waals surface area contributed by atoms with E-state index in [4.69, 9.17) is 0 Å². The summed E-state index contributed by atoms with van der Waals surface area (Å²) in [6.45, 7) is 2.31. The molecule has 2 aromatic carbocycles. The van der Waals surface area contributed by atoms with E-state index in [0.29, 0.717) is 17.7 Å². The Morgan fingerprint density at radius 1 is 1.00 bits per heavy atom. The minimum Gasteiger partial charge on any atom is -0.270 e. The fourth-order valence-electron chi connectivity index (χ4n) is 2.36. The summed E-state index contributed by atoms with van der Waals surface area (Å²) in [4.78, 5) is 26.0. The first kappa shape index (κ1) is 13.3. The van der Waals surface area contributed by atoms with Gasteiger partial charge in [-0.2, -0.15) is 0 Å². The van der Waals surface area contributed by atoms with Gasteiger partial charge in [0.2, 0.25) is 0 Å². The van der Waals surface area contributed by atoms with Gasteiger partial charge in [-0.3, -0.25) is 14.5 Å². The van der Waals surface area contributed by atoms with Gasteiger partial charge in [-0.25, -0.2) is 0 Å². The maximum absolute atomic E-state index is 12.4. The van der Waals surface area contributed by atoms with E-state index >= 15 is 0 Å². The van der Waals surface area contributed by atoms with Crippen LogP contribution in [0.5, 0.6) is 0 Å². The molecule has 2 aromatic rings. The average Bonchev–Trinajstić information content (AvgIpc) is 2.66. The molecule has 0 fully saturated rings. The Balaban J connectivity index is 1.96. The van der Waals surface area contributed by atoms with Crippen LogP contribution in [0.15, 0.2) is 42.5 Å². The molecule has 0 saturated carbocycles. The molecule has 0 atom stereocenters. The molecule has 0 unspecified atom stereocenters. The first-order valence-electron chi connectivity index (χ1n) is 6.28. The number of hydrogen-bond acceptors (Lipinski definition) is 2. The Labute approximate surface area is 130 Å². The third-order valence-corrected chi connectivity index (χ3v) is 4.19. The van der Waals surface area contributed by atoms with E-state index in [1.165, 1.54) is 4.90 Å². The number of aryl methyl sites for hydroxylation is 1. The summed E-state index contributed by atoms with van der Waals surface area (Å²) in [7, 11) is 0. The molecule has 0 aromatic heterocycles. The third-order valence-electron chi connectivity index (χ3n) is 3.52. The molecule has 0 bridgehead atoms. The highest BCUT2D eigenvalue weighted by Gasteiger charge is 2.35. The summed E-state index contributed by atoms with van der Waals surface area (Å²) in [6.07, 6.45) is 0. The molecular formula is C16H12INO2. The van der Waals surface area contributed by atoms with Gasteiger partial charge in [0.1, 0.15) is 0 Å². The zero-order valence-corrected chi connectivity index (χ0v) is 13.0. The highest BCUT2D eigenvalue weighted by atomic mass is 127. The molecule has 3 rings (SSSR count). The van der Waals surface area contributed by atoms with Crippen LogP contribution in [0.2, 0.25) is 0 Å². The minimum absolute atomic E-state index is 0.202. The van der Waals surface area contributed by atoms with Crippen LogP contribution in [0.3, 0.4) is 0 Å². The lowest BCUT2D eigenvalue weighted by Crippen LogP contribution is -2.29. The molecule has 1 heterocycles. The molecule has 1 aliphatic rings. The van der Waals surface area contributed by atoms with Gasteiger partial charge in [-0.05, 0) is 58.8 Å². The van der Waals surface area contributed by atoms with Crippen molar-refractivity contribution in [1.82, 2.24) is 4.90 Å². The summed E-state index contributed by atoms with van der Waals surface area (Å²) in [5.74, 6) is -0.406. The van der Waals surface area contributed by atoms with Gasteiger partial charge < -0.3 is 0 Å². The molecule has 100 valence electrons. The van der Waals surface area contributed by atoms with Crippen molar-refractivity contribution in [1.29, 1.82) is 0 Å². The van der Waals surface area contributed by atoms with Gasteiger partial charge in [0.25, 0.3) is 11.8 Å². The lowest BCUT2D eigenvalue weighted by atomic mass is 10.1. The van der Waals surface area contributed by atoms with E-state index in [1.54, 1.807) is 12.1 Å². The topological polar surface area (TPSA) is 37.4 Å². The van der Waals surface area contributed by atoms with Gasteiger partial charge in [0.05, 0.1) is 17.7 Å². The molecule has 0 aliphatic carbocycles. The first-order valence-corrected chi connectivity index (χ1v) is 7.36. The summed E-state index contributed by atoms with van der Waals surface area (Å²) < 4.78 is 0.959. The summed E-state index contributed by atoms with van der Waals surface area (Å²) in [5, 5.41) is 0. The monoisotopic (exact) mass is 377 g/mol. The van der Waals surface area contributed by atoms with Crippen molar-refractivity contribution in [3.05, 3.63) is 68.3 Å². The molecule has 0 N–H and O–H groups in total. The maximum Gasteiger partial charge on any atom is 0.261 e. The fraction of sp³-hybridized carbons (Fsp3) is 0.125. The molecule has 0 saturated heterocycles. The highest BCUT2D eigenvalue weighted by molar-refractivity contribution is 14.1. The van der Waals surface area contributed by atoms with Crippen LogP contribution in [-0.2, 0) is 6.54 Å². The van der Waals surface area contributed by atoms with Crippen molar-refractivity contribution < 1.29 is 9.59 Å². The van der Waals surface area contributed by atoms with Crippen LogP contribution in [0.1, 0.15) is 31.8 Å².